The highest BCUT2D eigenvalue weighted by Gasteiger charge is 2.18. The fraction of sp³-hybridized carbons (Fsp3) is 0.278. The van der Waals surface area contributed by atoms with Gasteiger partial charge in [-0.25, -0.2) is 0 Å². The van der Waals surface area contributed by atoms with Crippen molar-refractivity contribution in [2.45, 2.75) is 6.54 Å². The van der Waals surface area contributed by atoms with Crippen LogP contribution in [0.4, 0.5) is 0 Å². The molecule has 120 valence electrons. The van der Waals surface area contributed by atoms with Crippen molar-refractivity contribution < 1.29 is 10.0 Å². The number of benzene rings is 2. The minimum Gasteiger partial charge on any atom is -0.508 e. The number of piperazine rings is 1. The molecular formula is C18H21ClN3O+. The first-order valence-electron chi connectivity index (χ1n) is 7.85. The van der Waals surface area contributed by atoms with Gasteiger partial charge in [0.05, 0.1) is 32.4 Å². The number of nitrogens with one attached hydrogen (secondary N) is 1. The molecule has 0 unspecified atom stereocenters. The number of halogens is 1. The molecule has 1 aliphatic rings. The summed E-state index contributed by atoms with van der Waals surface area (Å²) >= 11 is 5.92. The summed E-state index contributed by atoms with van der Waals surface area (Å²) in [4.78, 5) is 1.57. The number of nitrogens with zero attached hydrogens (tertiary/aromatic N) is 2. The van der Waals surface area contributed by atoms with Crippen molar-refractivity contribution >= 4 is 17.8 Å². The van der Waals surface area contributed by atoms with Crippen molar-refractivity contribution in [1.29, 1.82) is 0 Å². The van der Waals surface area contributed by atoms with Crippen LogP contribution in [0.3, 0.4) is 0 Å². The molecule has 1 saturated heterocycles. The van der Waals surface area contributed by atoms with E-state index in [1.165, 1.54) is 5.56 Å². The molecule has 1 heterocycles. The Morgan fingerprint density at radius 1 is 1.13 bits per heavy atom. The molecule has 3 rings (SSSR count). The third-order valence-electron chi connectivity index (χ3n) is 4.05. The molecule has 0 atom stereocenters. The molecule has 0 spiro atoms. The van der Waals surface area contributed by atoms with E-state index in [-0.39, 0.29) is 5.75 Å². The second kappa shape index (κ2) is 7.49. The summed E-state index contributed by atoms with van der Waals surface area (Å²) < 4.78 is 0. The van der Waals surface area contributed by atoms with Crippen molar-refractivity contribution in [3.63, 3.8) is 0 Å². The van der Waals surface area contributed by atoms with Gasteiger partial charge in [0.25, 0.3) is 0 Å². The lowest BCUT2D eigenvalue weighted by Crippen LogP contribution is -3.13. The zero-order chi connectivity index (χ0) is 16.1. The fourth-order valence-electron chi connectivity index (χ4n) is 2.75. The quantitative estimate of drug-likeness (QED) is 0.839. The van der Waals surface area contributed by atoms with Crippen LogP contribution in [-0.4, -0.2) is 42.5 Å². The maximum absolute atomic E-state index is 9.46. The molecule has 5 heteroatoms. The third kappa shape index (κ3) is 4.71. The molecule has 0 amide bonds. The SMILES string of the molecule is Oc1cccc(/C=N\N2CC[NH+](Cc3ccc(Cl)cc3)CC2)c1. The Labute approximate surface area is 141 Å². The van der Waals surface area contributed by atoms with Gasteiger partial charge < -0.3 is 10.0 Å². The summed E-state index contributed by atoms with van der Waals surface area (Å²) in [6.45, 7) is 5.05. The highest BCUT2D eigenvalue weighted by molar-refractivity contribution is 6.30. The van der Waals surface area contributed by atoms with Crippen molar-refractivity contribution in [2.75, 3.05) is 26.2 Å². The van der Waals surface area contributed by atoms with E-state index < -0.39 is 0 Å². The summed E-state index contributed by atoms with van der Waals surface area (Å²) in [7, 11) is 0. The average Bonchev–Trinajstić information content (AvgIpc) is 2.56. The minimum atomic E-state index is 0.270. The number of hydrogen-bond acceptors (Lipinski definition) is 3. The van der Waals surface area contributed by atoms with Crippen LogP contribution in [0.5, 0.6) is 5.75 Å². The van der Waals surface area contributed by atoms with E-state index >= 15 is 0 Å². The van der Waals surface area contributed by atoms with Gasteiger partial charge in [0.15, 0.2) is 0 Å². The predicted octanol–water partition coefficient (Wildman–Crippen LogP) is 1.78. The standard InChI is InChI=1S/C18H20ClN3O/c19-17-6-4-15(5-7-17)14-21-8-10-22(11-9-21)20-13-16-2-1-3-18(23)12-16/h1-7,12-13,23H,8-11,14H2/p+1/b20-13-. The molecule has 0 saturated carbocycles. The van der Waals surface area contributed by atoms with Crippen LogP contribution in [0, 0.1) is 0 Å². The number of phenols is 1. The monoisotopic (exact) mass is 330 g/mol. The van der Waals surface area contributed by atoms with Crippen molar-refractivity contribution in [1.82, 2.24) is 5.01 Å². The van der Waals surface area contributed by atoms with E-state index in [0.29, 0.717) is 0 Å². The molecule has 1 aliphatic heterocycles. The lowest BCUT2D eigenvalue weighted by Gasteiger charge is -2.30. The molecule has 1 fully saturated rings. The molecule has 2 aromatic carbocycles. The number of phenolic OH excluding ortho intramolecular Hbond substituents is 1. The maximum Gasteiger partial charge on any atom is 0.116 e. The number of hydrogen-bond donors (Lipinski definition) is 2. The van der Waals surface area contributed by atoms with Crippen LogP contribution >= 0.6 is 11.6 Å². The van der Waals surface area contributed by atoms with Gasteiger partial charge in [0, 0.05) is 10.6 Å². The van der Waals surface area contributed by atoms with Crippen LogP contribution in [0.2, 0.25) is 5.02 Å². The lowest BCUT2D eigenvalue weighted by molar-refractivity contribution is -0.918. The summed E-state index contributed by atoms with van der Waals surface area (Å²) in [5.74, 6) is 0.270. The number of aromatic hydroxyl groups is 1. The van der Waals surface area contributed by atoms with Crippen LogP contribution in [0.15, 0.2) is 53.6 Å². The fourth-order valence-corrected chi connectivity index (χ4v) is 2.87. The Kier molecular flexibility index (Phi) is 5.16. The van der Waals surface area contributed by atoms with Gasteiger partial charge in [-0.05, 0) is 29.8 Å². The molecule has 2 aromatic rings. The Morgan fingerprint density at radius 3 is 2.57 bits per heavy atom. The molecule has 0 bridgehead atoms. The van der Waals surface area contributed by atoms with Gasteiger partial charge in [0.2, 0.25) is 0 Å². The smallest absolute Gasteiger partial charge is 0.116 e. The summed E-state index contributed by atoms with van der Waals surface area (Å²) in [5, 5.41) is 16.8. The highest BCUT2D eigenvalue weighted by Crippen LogP contribution is 2.10. The van der Waals surface area contributed by atoms with Crippen LogP contribution < -0.4 is 4.90 Å². The molecular weight excluding hydrogens is 310 g/mol. The summed E-state index contributed by atoms with van der Waals surface area (Å²) in [6.07, 6.45) is 1.81. The number of rotatable bonds is 4. The van der Waals surface area contributed by atoms with Crippen molar-refractivity contribution in [3.8, 4) is 5.75 Å². The predicted molar refractivity (Wildman–Crippen MR) is 93.1 cm³/mol. The number of quaternary nitrogens is 1. The minimum absolute atomic E-state index is 0.270. The van der Waals surface area contributed by atoms with Gasteiger partial charge >= 0.3 is 0 Å². The van der Waals surface area contributed by atoms with Crippen LogP contribution in [0.1, 0.15) is 11.1 Å². The Balaban J connectivity index is 1.49. The van der Waals surface area contributed by atoms with E-state index in [0.717, 1.165) is 43.3 Å². The van der Waals surface area contributed by atoms with Gasteiger partial charge in [0.1, 0.15) is 12.3 Å². The normalized spacial score (nSPS) is 16.1. The molecule has 0 aromatic heterocycles. The highest BCUT2D eigenvalue weighted by atomic mass is 35.5. The van der Waals surface area contributed by atoms with Gasteiger partial charge in [-0.1, -0.05) is 35.9 Å². The molecule has 2 N–H and O–H groups in total. The van der Waals surface area contributed by atoms with Gasteiger partial charge in [-0.15, -0.1) is 0 Å². The Hall–Kier alpha value is -2.04. The van der Waals surface area contributed by atoms with Gasteiger partial charge in [-0.2, -0.15) is 5.10 Å². The molecule has 0 aliphatic carbocycles. The topological polar surface area (TPSA) is 40.3 Å². The van der Waals surface area contributed by atoms with Crippen molar-refractivity contribution in [2.24, 2.45) is 5.10 Å². The molecule has 0 radical (unpaired) electrons. The summed E-state index contributed by atoms with van der Waals surface area (Å²) in [5.41, 5.74) is 2.24. The largest absolute Gasteiger partial charge is 0.508 e. The Morgan fingerprint density at radius 2 is 1.87 bits per heavy atom. The second-order valence-electron chi connectivity index (χ2n) is 5.85. The Bertz CT molecular complexity index is 664. The van der Waals surface area contributed by atoms with E-state index in [1.54, 1.807) is 17.0 Å². The van der Waals surface area contributed by atoms with Gasteiger partial charge in [-0.3, -0.25) is 5.01 Å². The van der Waals surface area contributed by atoms with Crippen LogP contribution in [0.25, 0.3) is 0 Å². The van der Waals surface area contributed by atoms with Crippen LogP contribution in [-0.2, 0) is 6.54 Å². The molecule has 23 heavy (non-hydrogen) atoms. The average molecular weight is 331 g/mol. The zero-order valence-electron chi connectivity index (χ0n) is 13.0. The first-order valence-corrected chi connectivity index (χ1v) is 8.23. The zero-order valence-corrected chi connectivity index (χ0v) is 13.7. The van der Waals surface area contributed by atoms with E-state index in [9.17, 15) is 5.11 Å². The lowest BCUT2D eigenvalue weighted by atomic mass is 10.2. The second-order valence-corrected chi connectivity index (χ2v) is 6.28. The number of hydrazone groups is 1. The first kappa shape index (κ1) is 15.8. The summed E-state index contributed by atoms with van der Waals surface area (Å²) in [6, 6.07) is 15.2. The van der Waals surface area contributed by atoms with E-state index in [2.05, 4.69) is 22.2 Å². The van der Waals surface area contributed by atoms with E-state index in [4.69, 9.17) is 11.6 Å². The third-order valence-corrected chi connectivity index (χ3v) is 4.31. The molecule has 4 nitrogen and oxygen atoms in total. The maximum atomic E-state index is 9.46. The first-order chi connectivity index (χ1) is 11.2. The van der Waals surface area contributed by atoms with E-state index in [1.807, 2.05) is 30.5 Å². The van der Waals surface area contributed by atoms with Crippen molar-refractivity contribution in [3.05, 3.63) is 64.7 Å².